The predicted octanol–water partition coefficient (Wildman–Crippen LogP) is 3.04. The molecule has 0 radical (unpaired) electrons. The summed E-state index contributed by atoms with van der Waals surface area (Å²) in [6.45, 7) is 0.507. The van der Waals surface area contributed by atoms with Crippen LogP contribution in [0, 0.1) is 0 Å². The summed E-state index contributed by atoms with van der Waals surface area (Å²) >= 11 is 5.95. The lowest BCUT2D eigenvalue weighted by Crippen LogP contribution is -2.31. The van der Waals surface area contributed by atoms with Gasteiger partial charge in [-0.25, -0.2) is 8.42 Å². The summed E-state index contributed by atoms with van der Waals surface area (Å²) in [5.74, 6) is 0.709. The number of hydrogen-bond acceptors (Lipinski definition) is 3. The zero-order valence-electron chi connectivity index (χ0n) is 11.6. The van der Waals surface area contributed by atoms with E-state index >= 15 is 0 Å². The monoisotopic (exact) mass is 325 g/mol. The first kappa shape index (κ1) is 15.8. The van der Waals surface area contributed by atoms with Crippen LogP contribution >= 0.6 is 11.6 Å². The van der Waals surface area contributed by atoms with Gasteiger partial charge in [-0.2, -0.15) is 4.31 Å². The third-order valence-electron chi connectivity index (χ3n) is 2.94. The fourth-order valence-corrected chi connectivity index (χ4v) is 3.39. The van der Waals surface area contributed by atoms with Crippen molar-refractivity contribution < 1.29 is 13.2 Å². The maximum atomic E-state index is 12.4. The zero-order chi connectivity index (χ0) is 15.3. The summed E-state index contributed by atoms with van der Waals surface area (Å²) in [5.41, 5.74) is 0. The van der Waals surface area contributed by atoms with Crippen molar-refractivity contribution in [3.63, 3.8) is 0 Å². The normalized spacial score (nSPS) is 11.6. The van der Waals surface area contributed by atoms with Crippen molar-refractivity contribution in [2.45, 2.75) is 4.90 Å². The summed E-state index contributed by atoms with van der Waals surface area (Å²) in [7, 11) is -2.10. The Hall–Kier alpha value is -1.56. The number of para-hydroxylation sites is 1. The molecule has 0 spiro atoms. The average molecular weight is 326 g/mol. The topological polar surface area (TPSA) is 46.6 Å². The standard InChI is InChI=1S/C15H16ClNO3S/c1-17(11-12-20-13-7-3-2-4-8-13)21(18,19)15-10-6-5-9-14(15)16/h2-10H,11-12H2,1H3. The first-order valence-electron chi connectivity index (χ1n) is 6.40. The number of ether oxygens (including phenoxy) is 1. The lowest BCUT2D eigenvalue weighted by molar-refractivity contribution is 0.287. The molecule has 0 unspecified atom stereocenters. The molecule has 6 heteroatoms. The third kappa shape index (κ3) is 3.97. The molecule has 0 fully saturated rings. The molecule has 0 aliphatic carbocycles. The lowest BCUT2D eigenvalue weighted by atomic mass is 10.3. The number of nitrogens with zero attached hydrogens (tertiary/aromatic N) is 1. The fourth-order valence-electron chi connectivity index (χ4n) is 1.75. The maximum Gasteiger partial charge on any atom is 0.244 e. The molecule has 0 atom stereocenters. The Kier molecular flexibility index (Phi) is 5.22. The van der Waals surface area contributed by atoms with Crippen molar-refractivity contribution in [3.05, 3.63) is 59.6 Å². The van der Waals surface area contributed by atoms with E-state index in [1.54, 1.807) is 18.2 Å². The third-order valence-corrected chi connectivity index (χ3v) is 5.30. The van der Waals surface area contributed by atoms with Crippen molar-refractivity contribution in [1.82, 2.24) is 4.31 Å². The first-order chi connectivity index (χ1) is 10.0. The minimum Gasteiger partial charge on any atom is -0.492 e. The molecule has 0 aliphatic heterocycles. The molecule has 0 heterocycles. The SMILES string of the molecule is CN(CCOc1ccccc1)S(=O)(=O)c1ccccc1Cl. The highest BCUT2D eigenvalue weighted by Gasteiger charge is 2.22. The van der Waals surface area contributed by atoms with Crippen LogP contribution < -0.4 is 4.74 Å². The van der Waals surface area contributed by atoms with Crippen molar-refractivity contribution in [1.29, 1.82) is 0 Å². The van der Waals surface area contributed by atoms with Crippen LogP contribution in [0.1, 0.15) is 0 Å². The van der Waals surface area contributed by atoms with E-state index in [0.717, 1.165) is 0 Å². The smallest absolute Gasteiger partial charge is 0.244 e. The van der Waals surface area contributed by atoms with Gasteiger partial charge in [-0.05, 0) is 24.3 Å². The Morgan fingerprint density at radius 3 is 2.33 bits per heavy atom. The van der Waals surface area contributed by atoms with Gasteiger partial charge in [0, 0.05) is 13.6 Å². The van der Waals surface area contributed by atoms with Gasteiger partial charge in [0.1, 0.15) is 17.3 Å². The molecule has 2 aromatic carbocycles. The number of hydrogen-bond donors (Lipinski definition) is 0. The predicted molar refractivity (Wildman–Crippen MR) is 83.2 cm³/mol. The largest absolute Gasteiger partial charge is 0.492 e. The van der Waals surface area contributed by atoms with E-state index in [2.05, 4.69) is 0 Å². The van der Waals surface area contributed by atoms with Crippen LogP contribution in [-0.4, -0.2) is 32.9 Å². The molecule has 0 N–H and O–H groups in total. The number of benzene rings is 2. The highest BCUT2D eigenvalue weighted by Crippen LogP contribution is 2.23. The highest BCUT2D eigenvalue weighted by atomic mass is 35.5. The van der Waals surface area contributed by atoms with Crippen LogP contribution in [0.15, 0.2) is 59.5 Å². The van der Waals surface area contributed by atoms with Crippen LogP contribution in [0.3, 0.4) is 0 Å². The number of sulfonamides is 1. The molecule has 2 aromatic rings. The second kappa shape index (κ2) is 6.93. The van der Waals surface area contributed by atoms with Gasteiger partial charge in [-0.15, -0.1) is 0 Å². The Labute approximate surface area is 130 Å². The van der Waals surface area contributed by atoms with E-state index in [0.29, 0.717) is 5.75 Å². The lowest BCUT2D eigenvalue weighted by Gasteiger charge is -2.18. The average Bonchev–Trinajstić information content (AvgIpc) is 2.48. The van der Waals surface area contributed by atoms with Gasteiger partial charge in [-0.1, -0.05) is 41.9 Å². The van der Waals surface area contributed by atoms with E-state index in [9.17, 15) is 8.42 Å². The summed E-state index contributed by atoms with van der Waals surface area (Å²) in [6, 6.07) is 15.6. The molecule has 0 saturated carbocycles. The van der Waals surface area contributed by atoms with Crippen LogP contribution in [0.25, 0.3) is 0 Å². The molecular formula is C15H16ClNO3S. The quantitative estimate of drug-likeness (QED) is 0.820. The van der Waals surface area contributed by atoms with Crippen molar-refractivity contribution in [2.75, 3.05) is 20.2 Å². The van der Waals surface area contributed by atoms with Gasteiger partial charge in [0.2, 0.25) is 10.0 Å². The minimum atomic E-state index is -3.60. The number of rotatable bonds is 6. The van der Waals surface area contributed by atoms with E-state index in [4.69, 9.17) is 16.3 Å². The highest BCUT2D eigenvalue weighted by molar-refractivity contribution is 7.89. The van der Waals surface area contributed by atoms with Gasteiger partial charge in [0.25, 0.3) is 0 Å². The van der Waals surface area contributed by atoms with Crippen LogP contribution in [-0.2, 0) is 10.0 Å². The summed E-state index contributed by atoms with van der Waals surface area (Å²) < 4.78 is 31.5. The minimum absolute atomic E-state index is 0.105. The Morgan fingerprint density at radius 1 is 1.05 bits per heavy atom. The van der Waals surface area contributed by atoms with Crippen LogP contribution in [0.5, 0.6) is 5.75 Å². The molecule has 4 nitrogen and oxygen atoms in total. The van der Waals surface area contributed by atoms with E-state index < -0.39 is 10.0 Å². The number of halogens is 1. The first-order valence-corrected chi connectivity index (χ1v) is 8.22. The van der Waals surface area contributed by atoms with Crippen molar-refractivity contribution >= 4 is 21.6 Å². The van der Waals surface area contributed by atoms with Gasteiger partial charge in [0.05, 0.1) is 5.02 Å². The second-order valence-corrected chi connectivity index (χ2v) is 6.84. The van der Waals surface area contributed by atoms with Gasteiger partial charge >= 0.3 is 0 Å². The molecule has 21 heavy (non-hydrogen) atoms. The van der Waals surface area contributed by atoms with Gasteiger partial charge in [-0.3, -0.25) is 0 Å². The van der Waals surface area contributed by atoms with Gasteiger partial charge < -0.3 is 4.74 Å². The van der Waals surface area contributed by atoms with E-state index in [1.165, 1.54) is 17.4 Å². The van der Waals surface area contributed by atoms with Crippen LogP contribution in [0.2, 0.25) is 5.02 Å². The Bertz CT molecular complexity index is 689. The molecule has 2 rings (SSSR count). The van der Waals surface area contributed by atoms with Crippen molar-refractivity contribution in [2.24, 2.45) is 0 Å². The molecule has 0 amide bonds. The molecular weight excluding hydrogens is 310 g/mol. The Morgan fingerprint density at radius 2 is 1.67 bits per heavy atom. The summed E-state index contributed by atoms with van der Waals surface area (Å²) in [6.07, 6.45) is 0. The number of likely N-dealkylation sites (N-methyl/N-ethyl adjacent to an activating group) is 1. The molecule has 112 valence electrons. The van der Waals surface area contributed by atoms with E-state index in [-0.39, 0.29) is 23.1 Å². The molecule has 0 aromatic heterocycles. The maximum absolute atomic E-state index is 12.4. The van der Waals surface area contributed by atoms with Crippen molar-refractivity contribution in [3.8, 4) is 5.75 Å². The Balaban J connectivity index is 2.00. The van der Waals surface area contributed by atoms with Gasteiger partial charge in [0.15, 0.2) is 0 Å². The fraction of sp³-hybridized carbons (Fsp3) is 0.200. The zero-order valence-corrected chi connectivity index (χ0v) is 13.1. The molecule has 0 aliphatic rings. The second-order valence-electron chi connectivity index (χ2n) is 4.42. The van der Waals surface area contributed by atoms with E-state index in [1.807, 2.05) is 30.3 Å². The summed E-state index contributed by atoms with van der Waals surface area (Å²) in [5, 5.41) is 0.216. The molecule has 0 bridgehead atoms. The van der Waals surface area contributed by atoms with Crippen LogP contribution in [0.4, 0.5) is 0 Å². The molecule has 0 saturated heterocycles. The summed E-state index contributed by atoms with van der Waals surface area (Å²) in [4.78, 5) is 0.105.